The number of hydrogen-bond donors (Lipinski definition) is 0. The Morgan fingerprint density at radius 2 is 1.86 bits per heavy atom. The Morgan fingerprint density at radius 1 is 1.29 bits per heavy atom. The molecule has 1 rings (SSSR count). The van der Waals surface area contributed by atoms with Crippen molar-refractivity contribution in [3.8, 4) is 0 Å². The second-order valence-electron chi connectivity index (χ2n) is 3.27. The van der Waals surface area contributed by atoms with Gasteiger partial charge in [-0.25, -0.2) is 12.7 Å². The van der Waals surface area contributed by atoms with E-state index in [4.69, 9.17) is 5.73 Å². The van der Waals surface area contributed by atoms with E-state index in [1.807, 2.05) is 0 Å². The molecule has 77 valence electrons. The first-order valence-electron chi connectivity index (χ1n) is 4.10. The summed E-state index contributed by atoms with van der Waals surface area (Å²) in [5.74, 6) is 0. The van der Waals surface area contributed by atoms with Crippen molar-refractivity contribution >= 4 is 15.7 Å². The normalized spacial score (nSPS) is 12.0. The Hall–Kier alpha value is -1.07. The number of sulfonamides is 1. The van der Waals surface area contributed by atoms with Crippen molar-refractivity contribution in [2.24, 2.45) is 0 Å². The maximum Gasteiger partial charge on any atom is 0.242 e. The van der Waals surface area contributed by atoms with Crippen molar-refractivity contribution in [2.45, 2.75) is 11.8 Å². The molecule has 0 saturated carbocycles. The van der Waals surface area contributed by atoms with Crippen molar-refractivity contribution in [1.29, 1.82) is 0 Å². The summed E-state index contributed by atoms with van der Waals surface area (Å²) < 4.78 is 24.6. The van der Waals surface area contributed by atoms with E-state index in [1.54, 1.807) is 19.1 Å². The molecule has 0 aliphatic carbocycles. The summed E-state index contributed by atoms with van der Waals surface area (Å²) in [7, 11) is -0.462. The van der Waals surface area contributed by atoms with Crippen LogP contribution >= 0.6 is 0 Å². The van der Waals surface area contributed by atoms with Crippen LogP contribution in [0.5, 0.6) is 0 Å². The average molecular weight is 213 g/mol. The second-order valence-corrected chi connectivity index (χ2v) is 5.39. The topological polar surface area (TPSA) is 61.2 Å². The number of nitrogens with zero attached hydrogens (tertiary/aromatic N) is 1. The summed E-state index contributed by atoms with van der Waals surface area (Å²) in [4.78, 5) is 0.204. The monoisotopic (exact) mass is 213 g/mol. The Kier molecular flexibility index (Phi) is 2.82. The minimum Gasteiger partial charge on any atom is -0.301 e. The van der Waals surface area contributed by atoms with Gasteiger partial charge in [0.2, 0.25) is 10.0 Å². The first kappa shape index (κ1) is 11.0. The highest BCUT2D eigenvalue weighted by molar-refractivity contribution is 7.89. The van der Waals surface area contributed by atoms with Crippen LogP contribution in [0.3, 0.4) is 0 Å². The quantitative estimate of drug-likeness (QED) is 0.740. The SMILES string of the molecule is Cc1ccc([NH])cc1S(=O)(=O)N(C)C. The van der Waals surface area contributed by atoms with Crippen molar-refractivity contribution in [2.75, 3.05) is 14.1 Å². The summed E-state index contributed by atoms with van der Waals surface area (Å²) >= 11 is 0. The van der Waals surface area contributed by atoms with Gasteiger partial charge in [0.1, 0.15) is 0 Å². The van der Waals surface area contributed by atoms with Gasteiger partial charge in [0.15, 0.2) is 0 Å². The lowest BCUT2D eigenvalue weighted by Gasteiger charge is -2.13. The fraction of sp³-hybridized carbons (Fsp3) is 0.333. The lowest BCUT2D eigenvalue weighted by Crippen LogP contribution is -2.22. The molecular weight excluding hydrogens is 200 g/mol. The molecule has 14 heavy (non-hydrogen) atoms. The van der Waals surface area contributed by atoms with Crippen molar-refractivity contribution in [3.63, 3.8) is 0 Å². The summed E-state index contributed by atoms with van der Waals surface area (Å²) in [5.41, 5.74) is 8.24. The minimum absolute atomic E-state index is 0.204. The fourth-order valence-electron chi connectivity index (χ4n) is 1.07. The predicted molar refractivity (Wildman–Crippen MR) is 54.8 cm³/mol. The highest BCUT2D eigenvalue weighted by Crippen LogP contribution is 2.21. The molecule has 1 radical (unpaired) electrons. The van der Waals surface area contributed by atoms with Gasteiger partial charge in [-0.1, -0.05) is 6.07 Å². The number of aryl methyl sites for hydroxylation is 1. The third-order valence-electron chi connectivity index (χ3n) is 1.95. The van der Waals surface area contributed by atoms with Gasteiger partial charge in [-0.05, 0) is 24.6 Å². The molecule has 0 spiro atoms. The zero-order valence-corrected chi connectivity index (χ0v) is 9.22. The third-order valence-corrected chi connectivity index (χ3v) is 3.90. The number of nitrogens with one attached hydrogen (secondary N) is 1. The lowest BCUT2D eigenvalue weighted by molar-refractivity contribution is 0.520. The lowest BCUT2D eigenvalue weighted by atomic mass is 10.2. The van der Waals surface area contributed by atoms with E-state index in [0.29, 0.717) is 5.56 Å². The fourth-order valence-corrected chi connectivity index (χ4v) is 2.22. The molecule has 0 aliphatic rings. The van der Waals surface area contributed by atoms with Crippen LogP contribution in [0, 0.1) is 6.92 Å². The van der Waals surface area contributed by atoms with Crippen molar-refractivity contribution in [3.05, 3.63) is 23.8 Å². The van der Waals surface area contributed by atoms with Crippen LogP contribution in [0.2, 0.25) is 0 Å². The zero-order valence-electron chi connectivity index (χ0n) is 8.40. The average Bonchev–Trinajstić information content (AvgIpc) is 2.08. The molecule has 0 bridgehead atoms. The number of benzene rings is 1. The smallest absolute Gasteiger partial charge is 0.242 e. The van der Waals surface area contributed by atoms with E-state index in [9.17, 15) is 8.42 Å². The first-order valence-corrected chi connectivity index (χ1v) is 5.54. The van der Waals surface area contributed by atoms with Gasteiger partial charge in [0, 0.05) is 14.1 Å². The van der Waals surface area contributed by atoms with Gasteiger partial charge in [-0.3, -0.25) is 0 Å². The number of rotatable bonds is 2. The summed E-state index contributed by atoms with van der Waals surface area (Å²) in [6, 6.07) is 4.58. The van der Waals surface area contributed by atoms with Crippen LogP contribution < -0.4 is 5.73 Å². The summed E-state index contributed by atoms with van der Waals surface area (Å²) in [5, 5.41) is 0. The van der Waals surface area contributed by atoms with Gasteiger partial charge in [-0.2, -0.15) is 0 Å². The van der Waals surface area contributed by atoms with Crippen molar-refractivity contribution < 1.29 is 8.42 Å². The highest BCUT2D eigenvalue weighted by Gasteiger charge is 2.19. The number of hydrogen-bond acceptors (Lipinski definition) is 2. The standard InChI is InChI=1S/C9H13N2O2S/c1-7-4-5-8(10)6-9(7)14(12,13)11(2)3/h4-6,10H,1-3H3. The van der Waals surface area contributed by atoms with E-state index in [2.05, 4.69) is 0 Å². The molecule has 0 unspecified atom stereocenters. The molecular formula is C9H13N2O2S. The van der Waals surface area contributed by atoms with Gasteiger partial charge >= 0.3 is 0 Å². The molecule has 0 fully saturated rings. The van der Waals surface area contributed by atoms with Crippen LogP contribution in [-0.4, -0.2) is 26.8 Å². The zero-order chi connectivity index (χ0) is 10.9. The van der Waals surface area contributed by atoms with E-state index in [-0.39, 0.29) is 10.6 Å². The molecule has 1 aromatic carbocycles. The highest BCUT2D eigenvalue weighted by atomic mass is 32.2. The first-order chi connectivity index (χ1) is 6.35. The maximum absolute atomic E-state index is 11.7. The van der Waals surface area contributed by atoms with Crippen LogP contribution in [0.15, 0.2) is 23.1 Å². The Morgan fingerprint density at radius 3 is 2.36 bits per heavy atom. The molecule has 5 heteroatoms. The maximum atomic E-state index is 11.7. The molecule has 4 nitrogen and oxygen atoms in total. The van der Waals surface area contributed by atoms with Gasteiger partial charge < -0.3 is 5.73 Å². The van der Waals surface area contributed by atoms with Crippen molar-refractivity contribution in [1.82, 2.24) is 10.0 Å². The Balaban J connectivity index is 3.40. The summed E-state index contributed by atoms with van der Waals surface area (Å²) in [6.07, 6.45) is 0. The Labute approximate surface area is 84.4 Å². The van der Waals surface area contributed by atoms with E-state index >= 15 is 0 Å². The van der Waals surface area contributed by atoms with Gasteiger partial charge in [-0.15, -0.1) is 0 Å². The Bertz CT molecular complexity index is 438. The predicted octanol–water partition coefficient (Wildman–Crippen LogP) is 1.16. The molecule has 0 heterocycles. The second kappa shape index (κ2) is 3.59. The molecule has 1 aromatic rings. The van der Waals surface area contributed by atoms with Gasteiger partial charge in [0.05, 0.1) is 10.6 Å². The third kappa shape index (κ3) is 1.88. The largest absolute Gasteiger partial charge is 0.301 e. The van der Waals surface area contributed by atoms with Crippen LogP contribution in [-0.2, 0) is 10.0 Å². The molecule has 0 aliphatic heterocycles. The van der Waals surface area contributed by atoms with Crippen LogP contribution in [0.1, 0.15) is 5.56 Å². The van der Waals surface area contributed by atoms with E-state index < -0.39 is 10.0 Å². The minimum atomic E-state index is -3.42. The van der Waals surface area contributed by atoms with Gasteiger partial charge in [0.25, 0.3) is 0 Å². The molecule has 0 atom stereocenters. The molecule has 0 amide bonds. The molecule has 0 saturated heterocycles. The molecule has 0 aromatic heterocycles. The van der Waals surface area contributed by atoms with Crippen LogP contribution in [0.4, 0.5) is 5.69 Å². The van der Waals surface area contributed by atoms with Crippen LogP contribution in [0.25, 0.3) is 0 Å². The summed E-state index contributed by atoms with van der Waals surface area (Å²) in [6.45, 7) is 1.72. The molecule has 1 N–H and O–H groups in total. The van der Waals surface area contributed by atoms with E-state index in [1.165, 1.54) is 20.2 Å². The van der Waals surface area contributed by atoms with E-state index in [0.717, 1.165) is 4.31 Å².